The van der Waals surface area contributed by atoms with E-state index < -0.39 is 5.97 Å². The monoisotopic (exact) mass is 255 g/mol. The van der Waals surface area contributed by atoms with E-state index in [0.717, 1.165) is 0 Å². The maximum atomic E-state index is 10.8. The van der Waals surface area contributed by atoms with Crippen LogP contribution in [0.2, 0.25) is 0 Å². The maximum absolute atomic E-state index is 10.8. The lowest BCUT2D eigenvalue weighted by molar-refractivity contribution is -0.138. The predicted molar refractivity (Wildman–Crippen MR) is 74.7 cm³/mol. The van der Waals surface area contributed by atoms with Crippen molar-refractivity contribution in [2.75, 3.05) is 6.54 Å². The second kappa shape index (κ2) is 6.05. The van der Waals surface area contributed by atoms with Crippen molar-refractivity contribution in [1.29, 1.82) is 0 Å². The van der Waals surface area contributed by atoms with Crippen molar-refractivity contribution in [2.24, 2.45) is 11.8 Å². The molecule has 18 heavy (non-hydrogen) atoms. The summed E-state index contributed by atoms with van der Waals surface area (Å²) in [5.41, 5.74) is 0.0416. The van der Waals surface area contributed by atoms with E-state index in [2.05, 4.69) is 39.5 Å². The molecule has 1 rings (SSSR count). The lowest BCUT2D eigenvalue weighted by Gasteiger charge is -2.49. The fourth-order valence-electron chi connectivity index (χ4n) is 3.43. The van der Waals surface area contributed by atoms with Gasteiger partial charge < -0.3 is 5.11 Å². The van der Waals surface area contributed by atoms with E-state index in [-0.39, 0.29) is 12.0 Å². The van der Waals surface area contributed by atoms with Crippen LogP contribution in [0.4, 0.5) is 0 Å². The first kappa shape index (κ1) is 15.5. The van der Waals surface area contributed by atoms with Gasteiger partial charge in [0.1, 0.15) is 0 Å². The summed E-state index contributed by atoms with van der Waals surface area (Å²) in [6.07, 6.45) is 4.10. The molecule has 0 aromatic carbocycles. The van der Waals surface area contributed by atoms with Gasteiger partial charge in [-0.25, -0.2) is 0 Å². The Balaban J connectivity index is 2.83. The Kier molecular flexibility index (Phi) is 5.20. The number of carbonyl (C=O) groups is 1. The number of aliphatic carboxylic acids is 1. The van der Waals surface area contributed by atoms with Crippen LogP contribution in [0.5, 0.6) is 0 Å². The van der Waals surface area contributed by atoms with E-state index in [0.29, 0.717) is 24.4 Å². The Morgan fingerprint density at radius 2 is 1.72 bits per heavy atom. The molecule has 1 fully saturated rings. The predicted octanol–water partition coefficient (Wildman–Crippen LogP) is 3.39. The zero-order valence-corrected chi connectivity index (χ0v) is 12.6. The van der Waals surface area contributed by atoms with Gasteiger partial charge in [0.2, 0.25) is 0 Å². The van der Waals surface area contributed by atoms with Crippen molar-refractivity contribution >= 4 is 5.97 Å². The van der Waals surface area contributed by atoms with Crippen LogP contribution in [-0.4, -0.2) is 34.1 Å². The van der Waals surface area contributed by atoms with Crippen molar-refractivity contribution in [3.05, 3.63) is 0 Å². The Morgan fingerprint density at radius 3 is 2.11 bits per heavy atom. The Bertz CT molecular complexity index is 273. The van der Waals surface area contributed by atoms with Crippen LogP contribution in [0.15, 0.2) is 0 Å². The van der Waals surface area contributed by atoms with E-state index in [4.69, 9.17) is 5.11 Å². The van der Waals surface area contributed by atoms with Gasteiger partial charge >= 0.3 is 5.97 Å². The third-order valence-electron chi connectivity index (χ3n) is 4.27. The van der Waals surface area contributed by atoms with E-state index >= 15 is 0 Å². The number of nitrogens with zero attached hydrogens (tertiary/aromatic N) is 1. The fourth-order valence-corrected chi connectivity index (χ4v) is 3.43. The van der Waals surface area contributed by atoms with Gasteiger partial charge in [0.15, 0.2) is 0 Å². The number of rotatable bonds is 4. The highest BCUT2D eigenvalue weighted by Crippen LogP contribution is 2.36. The third kappa shape index (κ3) is 3.98. The van der Waals surface area contributed by atoms with E-state index in [1.54, 1.807) is 0 Å². The van der Waals surface area contributed by atoms with Crippen LogP contribution in [-0.2, 0) is 4.79 Å². The molecule has 3 heteroatoms. The molecule has 1 aliphatic rings. The van der Waals surface area contributed by atoms with Crippen LogP contribution in [0.25, 0.3) is 0 Å². The van der Waals surface area contributed by atoms with Gasteiger partial charge in [0.25, 0.3) is 0 Å². The number of hydrogen-bond donors (Lipinski definition) is 1. The summed E-state index contributed by atoms with van der Waals surface area (Å²) in [4.78, 5) is 13.3. The second-order valence-electron chi connectivity index (χ2n) is 6.88. The molecule has 0 bridgehead atoms. The largest absolute Gasteiger partial charge is 0.481 e. The zero-order chi connectivity index (χ0) is 13.9. The number of carboxylic acids is 1. The minimum atomic E-state index is -0.694. The number of carboxylic acid groups (broad SMARTS) is 1. The summed E-state index contributed by atoms with van der Waals surface area (Å²) in [5.74, 6) is 0.643. The minimum Gasteiger partial charge on any atom is -0.481 e. The molecular weight excluding hydrogens is 226 g/mol. The van der Waals surface area contributed by atoms with Crippen LogP contribution >= 0.6 is 0 Å². The highest BCUT2D eigenvalue weighted by Gasteiger charge is 2.37. The molecule has 0 heterocycles. The first-order valence-corrected chi connectivity index (χ1v) is 7.22. The van der Waals surface area contributed by atoms with Crippen molar-refractivity contribution in [3.8, 4) is 0 Å². The van der Waals surface area contributed by atoms with Crippen molar-refractivity contribution < 1.29 is 9.90 Å². The molecule has 0 amide bonds. The molecule has 106 valence electrons. The summed E-state index contributed by atoms with van der Waals surface area (Å²) < 4.78 is 0. The summed E-state index contributed by atoms with van der Waals surface area (Å²) in [6.45, 7) is 11.9. The van der Waals surface area contributed by atoms with Gasteiger partial charge in [-0.05, 0) is 45.4 Å². The minimum absolute atomic E-state index is 0.0416. The van der Waals surface area contributed by atoms with Gasteiger partial charge in [0.05, 0.1) is 6.42 Å². The standard InChI is InChI=1S/C15H29NO2/c1-11-7-6-8-12(2)14(11)16(15(3,4)5)10-9-13(17)18/h11-12,14H,6-10H2,1-5H3,(H,17,18). The third-order valence-corrected chi connectivity index (χ3v) is 4.27. The topological polar surface area (TPSA) is 40.5 Å². The molecule has 0 radical (unpaired) electrons. The average Bonchev–Trinajstić information content (AvgIpc) is 2.20. The van der Waals surface area contributed by atoms with E-state index in [1.165, 1.54) is 19.3 Å². The van der Waals surface area contributed by atoms with E-state index in [1.807, 2.05) is 0 Å². The van der Waals surface area contributed by atoms with Crippen LogP contribution in [0.3, 0.4) is 0 Å². The molecule has 2 unspecified atom stereocenters. The molecule has 1 saturated carbocycles. The van der Waals surface area contributed by atoms with Crippen LogP contribution in [0, 0.1) is 11.8 Å². The molecular formula is C15H29NO2. The molecule has 0 aliphatic heterocycles. The fraction of sp³-hybridized carbons (Fsp3) is 0.933. The van der Waals surface area contributed by atoms with Gasteiger partial charge in [0, 0.05) is 18.1 Å². The SMILES string of the molecule is CC1CCCC(C)C1N(CCC(=O)O)C(C)(C)C. The molecule has 0 aromatic rings. The Labute approximate surface area is 112 Å². The molecule has 1 N–H and O–H groups in total. The second-order valence-corrected chi connectivity index (χ2v) is 6.88. The van der Waals surface area contributed by atoms with Crippen LogP contribution in [0.1, 0.15) is 60.3 Å². The molecule has 2 atom stereocenters. The van der Waals surface area contributed by atoms with E-state index in [9.17, 15) is 4.79 Å². The quantitative estimate of drug-likeness (QED) is 0.837. The lowest BCUT2D eigenvalue weighted by Crippen LogP contribution is -2.55. The first-order chi connectivity index (χ1) is 8.23. The van der Waals surface area contributed by atoms with Gasteiger partial charge in [-0.1, -0.05) is 20.3 Å². The van der Waals surface area contributed by atoms with Crippen LogP contribution < -0.4 is 0 Å². The summed E-state index contributed by atoms with van der Waals surface area (Å²) in [5, 5.41) is 8.93. The molecule has 0 aromatic heterocycles. The molecule has 0 spiro atoms. The summed E-state index contributed by atoms with van der Waals surface area (Å²) in [6, 6.07) is 0.526. The molecule has 1 aliphatic carbocycles. The maximum Gasteiger partial charge on any atom is 0.304 e. The molecule has 3 nitrogen and oxygen atoms in total. The highest BCUT2D eigenvalue weighted by atomic mass is 16.4. The van der Waals surface area contributed by atoms with Crippen molar-refractivity contribution in [2.45, 2.75) is 71.9 Å². The van der Waals surface area contributed by atoms with Crippen molar-refractivity contribution in [3.63, 3.8) is 0 Å². The van der Waals surface area contributed by atoms with Gasteiger partial charge in [-0.15, -0.1) is 0 Å². The van der Waals surface area contributed by atoms with Gasteiger partial charge in [-0.3, -0.25) is 9.69 Å². The van der Waals surface area contributed by atoms with Crippen molar-refractivity contribution in [1.82, 2.24) is 4.90 Å². The lowest BCUT2D eigenvalue weighted by atomic mass is 9.76. The summed E-state index contributed by atoms with van der Waals surface area (Å²) >= 11 is 0. The smallest absolute Gasteiger partial charge is 0.304 e. The summed E-state index contributed by atoms with van der Waals surface area (Å²) in [7, 11) is 0. The number of hydrogen-bond acceptors (Lipinski definition) is 2. The average molecular weight is 255 g/mol. The first-order valence-electron chi connectivity index (χ1n) is 7.22. The Morgan fingerprint density at radius 1 is 1.22 bits per heavy atom. The van der Waals surface area contributed by atoms with Gasteiger partial charge in [-0.2, -0.15) is 0 Å². The Hall–Kier alpha value is -0.570. The zero-order valence-electron chi connectivity index (χ0n) is 12.6. The highest BCUT2D eigenvalue weighted by molar-refractivity contribution is 5.66. The molecule has 0 saturated heterocycles. The normalized spacial score (nSPS) is 29.6.